The van der Waals surface area contributed by atoms with Gasteiger partial charge in [-0.2, -0.15) is 0 Å². The number of carbonyl (C=O) groups is 1. The lowest BCUT2D eigenvalue weighted by molar-refractivity contribution is 0.00600. The molecule has 3 aromatic rings. The third-order valence-electron chi connectivity index (χ3n) is 4.70. The van der Waals surface area contributed by atoms with E-state index < -0.39 is 17.7 Å². The average molecular weight is 475 g/mol. The van der Waals surface area contributed by atoms with Crippen LogP contribution in [0.3, 0.4) is 0 Å². The van der Waals surface area contributed by atoms with E-state index >= 15 is 0 Å². The number of nitrogens with one attached hydrogen (secondary N) is 1. The van der Waals surface area contributed by atoms with E-state index in [9.17, 15) is 4.79 Å². The van der Waals surface area contributed by atoms with Crippen molar-refractivity contribution in [3.05, 3.63) is 69.3 Å². The van der Waals surface area contributed by atoms with Crippen LogP contribution < -0.4 is 16.9 Å². The molecular formula is C23H27ClN4O3S. The van der Waals surface area contributed by atoms with Gasteiger partial charge in [0.2, 0.25) is 0 Å². The smallest absolute Gasteiger partial charge is 0.341 e. The number of nitrogens with zero attached hydrogens (tertiary/aromatic N) is 1. The molecular weight excluding hydrogens is 448 g/mol. The van der Waals surface area contributed by atoms with Crippen molar-refractivity contribution in [2.75, 3.05) is 12.8 Å². The van der Waals surface area contributed by atoms with E-state index in [-0.39, 0.29) is 12.1 Å². The first kappa shape index (κ1) is 24.2. The minimum Gasteiger partial charge on any atom is -0.456 e. The van der Waals surface area contributed by atoms with E-state index in [1.165, 1.54) is 11.3 Å². The number of nitrogen functional groups attached to an aromatic ring is 1. The Morgan fingerprint density at radius 3 is 2.59 bits per heavy atom. The van der Waals surface area contributed by atoms with Crippen molar-refractivity contribution in [1.29, 1.82) is 0 Å². The highest BCUT2D eigenvalue weighted by Gasteiger charge is 2.29. The predicted molar refractivity (Wildman–Crippen MR) is 128 cm³/mol. The summed E-state index contributed by atoms with van der Waals surface area (Å²) in [5, 5.41) is 0.551. The van der Waals surface area contributed by atoms with Crippen molar-refractivity contribution in [3.8, 4) is 10.4 Å². The third-order valence-corrected chi connectivity index (χ3v) is 5.74. The molecule has 1 heterocycles. The van der Waals surface area contributed by atoms with Crippen LogP contribution in [0, 0.1) is 0 Å². The van der Waals surface area contributed by atoms with Gasteiger partial charge in [-0.1, -0.05) is 23.7 Å². The number of halogens is 1. The van der Waals surface area contributed by atoms with Crippen LogP contribution in [0.1, 0.15) is 53.9 Å². The molecule has 7 nitrogen and oxygen atoms in total. The Kier molecular flexibility index (Phi) is 7.53. The highest BCUT2D eigenvalue weighted by atomic mass is 35.5. The molecule has 9 heteroatoms. The van der Waals surface area contributed by atoms with Gasteiger partial charge in [0.1, 0.15) is 11.7 Å². The number of carbonyl (C=O) groups excluding carboxylic acids is 1. The maximum Gasteiger partial charge on any atom is 0.341 e. The van der Waals surface area contributed by atoms with Crippen molar-refractivity contribution >= 4 is 34.6 Å². The van der Waals surface area contributed by atoms with Crippen LogP contribution in [0.15, 0.2) is 42.0 Å². The van der Waals surface area contributed by atoms with Crippen LogP contribution in [-0.4, -0.2) is 23.6 Å². The molecule has 1 atom stereocenters. The molecule has 0 spiro atoms. The summed E-state index contributed by atoms with van der Waals surface area (Å²) in [7, 11) is 1.66. The standard InChI is InChI=1S/C23H27ClN4O3S/c1-23(2,3)30-22(29)20-17(10-25)15(7-8-18(20)26)21(31-27-4)16-9-13(24)5-6-14(16)19-11-28-12-32-19/h5-9,11-12,21,27H,10,25-26H2,1-4H3. The van der Waals surface area contributed by atoms with Crippen LogP contribution in [0.25, 0.3) is 10.4 Å². The number of aromatic nitrogens is 1. The molecule has 0 aliphatic carbocycles. The Hall–Kier alpha value is -2.49. The second-order valence-electron chi connectivity index (χ2n) is 8.10. The van der Waals surface area contributed by atoms with E-state index in [1.54, 1.807) is 45.6 Å². The lowest BCUT2D eigenvalue weighted by Gasteiger charge is -2.26. The number of anilines is 1. The van der Waals surface area contributed by atoms with Gasteiger partial charge in [-0.25, -0.2) is 10.3 Å². The zero-order chi connectivity index (χ0) is 23.5. The Bertz CT molecular complexity index is 1100. The Morgan fingerprint density at radius 2 is 2.00 bits per heavy atom. The topological polar surface area (TPSA) is 112 Å². The second kappa shape index (κ2) is 9.97. The maximum atomic E-state index is 13.0. The molecule has 0 amide bonds. The van der Waals surface area contributed by atoms with E-state index in [2.05, 4.69) is 10.5 Å². The Labute approximate surface area is 196 Å². The van der Waals surface area contributed by atoms with E-state index in [0.717, 1.165) is 16.0 Å². The summed E-state index contributed by atoms with van der Waals surface area (Å²) in [6.45, 7) is 5.46. The molecule has 0 aliphatic rings. The van der Waals surface area contributed by atoms with Crippen LogP contribution in [-0.2, 0) is 16.1 Å². The van der Waals surface area contributed by atoms with Crippen LogP contribution >= 0.6 is 22.9 Å². The van der Waals surface area contributed by atoms with Crippen LogP contribution in [0.4, 0.5) is 5.69 Å². The van der Waals surface area contributed by atoms with E-state index in [0.29, 0.717) is 21.8 Å². The first-order chi connectivity index (χ1) is 15.2. The van der Waals surface area contributed by atoms with Gasteiger partial charge < -0.3 is 16.2 Å². The molecule has 0 saturated heterocycles. The lowest BCUT2D eigenvalue weighted by atomic mass is 9.90. The molecule has 0 saturated carbocycles. The van der Waals surface area contributed by atoms with Gasteiger partial charge in [-0.05, 0) is 61.2 Å². The SMILES string of the molecule is CNOC(c1cc(Cl)ccc1-c1cncs1)c1ccc(N)c(C(=O)OC(C)(C)C)c1CN. The van der Waals surface area contributed by atoms with Gasteiger partial charge in [-0.3, -0.25) is 9.82 Å². The summed E-state index contributed by atoms with van der Waals surface area (Å²) >= 11 is 7.86. The number of ether oxygens (including phenoxy) is 1. The number of hydrogen-bond acceptors (Lipinski definition) is 8. The van der Waals surface area contributed by atoms with E-state index in [1.807, 2.05) is 24.3 Å². The quantitative estimate of drug-likeness (QED) is 0.258. The van der Waals surface area contributed by atoms with Gasteiger partial charge in [0.15, 0.2) is 0 Å². The molecule has 0 aliphatic heterocycles. The summed E-state index contributed by atoms with van der Waals surface area (Å²) in [4.78, 5) is 24.1. The van der Waals surface area contributed by atoms with Gasteiger partial charge in [0.05, 0.1) is 16.0 Å². The number of nitrogens with two attached hydrogens (primary N) is 2. The number of hydroxylamine groups is 1. The first-order valence-electron chi connectivity index (χ1n) is 10.0. The average Bonchev–Trinajstić information content (AvgIpc) is 3.25. The Balaban J connectivity index is 2.22. The number of benzene rings is 2. The minimum absolute atomic E-state index is 0.0645. The van der Waals surface area contributed by atoms with Crippen LogP contribution in [0.2, 0.25) is 5.02 Å². The lowest BCUT2D eigenvalue weighted by Crippen LogP contribution is -2.27. The van der Waals surface area contributed by atoms with Gasteiger partial charge >= 0.3 is 5.97 Å². The summed E-state index contributed by atoms with van der Waals surface area (Å²) in [5.74, 6) is -0.533. The summed E-state index contributed by atoms with van der Waals surface area (Å²) in [5.41, 5.74) is 19.6. The minimum atomic E-state index is -0.682. The maximum absolute atomic E-state index is 13.0. The second-order valence-corrected chi connectivity index (χ2v) is 9.43. The number of hydrogen-bond donors (Lipinski definition) is 3. The molecule has 1 unspecified atom stereocenters. The van der Waals surface area contributed by atoms with Crippen molar-refractivity contribution in [2.24, 2.45) is 5.73 Å². The zero-order valence-corrected chi connectivity index (χ0v) is 20.0. The molecule has 32 heavy (non-hydrogen) atoms. The highest BCUT2D eigenvalue weighted by molar-refractivity contribution is 7.13. The summed E-state index contributed by atoms with van der Waals surface area (Å²) in [6.07, 6.45) is 1.16. The molecule has 5 N–H and O–H groups in total. The number of thiazole rings is 1. The first-order valence-corrected chi connectivity index (χ1v) is 11.3. The van der Waals surface area contributed by atoms with Crippen molar-refractivity contribution in [2.45, 2.75) is 39.0 Å². The summed E-state index contributed by atoms with van der Waals surface area (Å²) < 4.78 is 5.59. The molecule has 1 aromatic heterocycles. The predicted octanol–water partition coefficient (Wildman–Crippen LogP) is 4.70. The molecule has 3 rings (SSSR count). The number of rotatable bonds is 7. The van der Waals surface area contributed by atoms with Crippen molar-refractivity contribution < 1.29 is 14.4 Å². The van der Waals surface area contributed by atoms with E-state index in [4.69, 9.17) is 32.6 Å². The third kappa shape index (κ3) is 5.28. The molecule has 0 radical (unpaired) electrons. The fraction of sp³-hybridized carbons (Fsp3) is 0.304. The Morgan fingerprint density at radius 1 is 1.25 bits per heavy atom. The highest BCUT2D eigenvalue weighted by Crippen LogP contribution is 2.39. The molecule has 2 aromatic carbocycles. The molecule has 0 fully saturated rings. The summed E-state index contributed by atoms with van der Waals surface area (Å²) in [6, 6.07) is 9.05. The van der Waals surface area contributed by atoms with Crippen molar-refractivity contribution in [1.82, 2.24) is 10.5 Å². The molecule has 0 bridgehead atoms. The molecule has 170 valence electrons. The number of esters is 1. The van der Waals surface area contributed by atoms with Crippen molar-refractivity contribution in [3.63, 3.8) is 0 Å². The normalized spacial score (nSPS) is 12.6. The zero-order valence-electron chi connectivity index (χ0n) is 18.4. The fourth-order valence-corrected chi connectivity index (χ4v) is 4.30. The van der Waals surface area contributed by atoms with Gasteiger partial charge in [0, 0.05) is 30.5 Å². The van der Waals surface area contributed by atoms with Gasteiger partial charge in [0.25, 0.3) is 0 Å². The monoisotopic (exact) mass is 474 g/mol. The van der Waals surface area contributed by atoms with Crippen LogP contribution in [0.5, 0.6) is 0 Å². The fourth-order valence-electron chi connectivity index (χ4n) is 3.45. The largest absolute Gasteiger partial charge is 0.456 e. The van der Waals surface area contributed by atoms with Gasteiger partial charge in [-0.15, -0.1) is 11.3 Å².